The molecule has 0 amide bonds. The molecule has 1 aromatic carbocycles. The Balaban J connectivity index is -0.000000211. The molecule has 1 radical (unpaired) electrons. The SMILES string of the molecule is C[Si](C)(C)c1ccc[c-]1[Si](C)(C)C.[Cl-].[Cl-].[Cl-].[V+4]. The van der Waals surface area contributed by atoms with Crippen molar-refractivity contribution in [2.75, 3.05) is 0 Å². The first-order valence-corrected chi connectivity index (χ1v) is 12.0. The molecule has 0 saturated heterocycles. The molecule has 0 spiro atoms. The molecule has 0 bridgehead atoms. The Bertz CT molecular complexity index is 272. The van der Waals surface area contributed by atoms with E-state index in [0.717, 1.165) is 0 Å². The van der Waals surface area contributed by atoms with Crippen LogP contribution in [-0.4, -0.2) is 16.1 Å². The monoisotopic (exact) mass is 365 g/mol. The number of rotatable bonds is 2. The minimum atomic E-state index is -1.10. The second-order valence-corrected chi connectivity index (χ2v) is 15.9. The zero-order chi connectivity index (χ0) is 10.3. The molecule has 0 nitrogen and oxygen atoms in total. The van der Waals surface area contributed by atoms with Crippen LogP contribution in [0.3, 0.4) is 0 Å². The second-order valence-electron chi connectivity index (χ2n) is 5.85. The summed E-state index contributed by atoms with van der Waals surface area (Å²) >= 11 is 0. The fraction of sp³-hybridized carbons (Fsp3) is 0.545. The van der Waals surface area contributed by atoms with E-state index in [2.05, 4.69) is 57.5 Å². The molecule has 1 rings (SSSR count). The summed E-state index contributed by atoms with van der Waals surface area (Å²) < 4.78 is 0. The molecule has 0 fully saturated rings. The summed E-state index contributed by atoms with van der Waals surface area (Å²) in [5.74, 6) is 0. The van der Waals surface area contributed by atoms with Crippen molar-refractivity contribution in [1.82, 2.24) is 0 Å². The Kier molecular flexibility index (Phi) is 14.5. The van der Waals surface area contributed by atoms with E-state index in [1.807, 2.05) is 0 Å². The van der Waals surface area contributed by atoms with Crippen LogP contribution in [0.2, 0.25) is 39.3 Å². The molecule has 0 aromatic heterocycles. The Labute approximate surface area is 139 Å². The van der Waals surface area contributed by atoms with E-state index < -0.39 is 16.1 Å². The van der Waals surface area contributed by atoms with E-state index in [9.17, 15) is 0 Å². The molecule has 0 unspecified atom stereocenters. The van der Waals surface area contributed by atoms with Crippen LogP contribution in [0.25, 0.3) is 0 Å². The summed E-state index contributed by atoms with van der Waals surface area (Å²) in [7, 11) is -2.20. The van der Waals surface area contributed by atoms with Gasteiger partial charge in [-0.2, -0.15) is 16.4 Å². The van der Waals surface area contributed by atoms with Gasteiger partial charge < -0.3 is 37.2 Å². The molecule has 0 saturated carbocycles. The molecule has 0 aliphatic carbocycles. The molecule has 0 aliphatic heterocycles. The fourth-order valence-electron chi connectivity index (χ4n) is 1.73. The zero-order valence-corrected chi connectivity index (χ0v) is 17.0. The minimum Gasteiger partial charge on any atom is -1.00 e. The normalized spacial score (nSPS) is 10.2. The molecule has 17 heavy (non-hydrogen) atoms. The summed E-state index contributed by atoms with van der Waals surface area (Å²) in [6.45, 7) is 14.6. The molecular weight excluding hydrogens is 346 g/mol. The smallest absolute Gasteiger partial charge is 1.00 e. The molecular formula is C11H21Cl3Si2V. The van der Waals surface area contributed by atoms with Crippen LogP contribution in [-0.2, 0) is 18.6 Å². The topological polar surface area (TPSA) is 0 Å². The van der Waals surface area contributed by atoms with E-state index in [0.29, 0.717) is 0 Å². The third-order valence-electron chi connectivity index (χ3n) is 2.43. The Morgan fingerprint density at radius 1 is 0.882 bits per heavy atom. The van der Waals surface area contributed by atoms with Crippen LogP contribution < -0.4 is 47.6 Å². The summed E-state index contributed by atoms with van der Waals surface area (Å²) in [6, 6.07) is 6.93. The molecule has 0 heterocycles. The van der Waals surface area contributed by atoms with E-state index in [1.165, 1.54) is 0 Å². The largest absolute Gasteiger partial charge is 4.00 e. The van der Waals surface area contributed by atoms with Gasteiger partial charge in [-0.3, -0.25) is 0 Å². The summed E-state index contributed by atoms with van der Waals surface area (Å²) in [5, 5.41) is 3.37. The van der Waals surface area contributed by atoms with Gasteiger partial charge in [-0.25, -0.2) is 12.1 Å². The van der Waals surface area contributed by atoms with Crippen molar-refractivity contribution < 1.29 is 55.8 Å². The van der Waals surface area contributed by atoms with Gasteiger partial charge in [-0.1, -0.05) is 39.3 Å². The predicted octanol–water partition coefficient (Wildman–Crippen LogP) is -6.49. The zero-order valence-electron chi connectivity index (χ0n) is 11.3. The summed E-state index contributed by atoms with van der Waals surface area (Å²) in [6.07, 6.45) is 0. The van der Waals surface area contributed by atoms with Gasteiger partial charge in [0.2, 0.25) is 0 Å². The third kappa shape index (κ3) is 7.41. The maximum atomic E-state index is 2.44. The average molecular weight is 367 g/mol. The molecule has 99 valence electrons. The first-order valence-electron chi connectivity index (χ1n) is 4.99. The Morgan fingerprint density at radius 2 is 1.29 bits per heavy atom. The number of halogens is 3. The van der Waals surface area contributed by atoms with Crippen molar-refractivity contribution in [3.05, 3.63) is 18.2 Å². The van der Waals surface area contributed by atoms with E-state index in [-0.39, 0.29) is 55.8 Å². The van der Waals surface area contributed by atoms with Crippen molar-refractivity contribution in [3.8, 4) is 0 Å². The predicted molar refractivity (Wildman–Crippen MR) is 68.0 cm³/mol. The van der Waals surface area contributed by atoms with Crippen LogP contribution in [0.5, 0.6) is 0 Å². The number of hydrogen-bond donors (Lipinski definition) is 0. The standard InChI is InChI=1S/C11H21Si2.3ClH.V/c1-12(2,3)10-8-7-9-11(10)13(4,5)6;;;;/h7-9H,1-6H3;3*1H;/q-1;;;;+4/p-3. The van der Waals surface area contributed by atoms with Gasteiger partial charge in [0.05, 0.1) is 8.07 Å². The first-order chi connectivity index (χ1) is 5.73. The quantitative estimate of drug-likeness (QED) is 0.361. The molecule has 0 N–H and O–H groups in total. The van der Waals surface area contributed by atoms with Gasteiger partial charge in [0, 0.05) is 8.07 Å². The third-order valence-corrected chi connectivity index (χ3v) is 6.79. The van der Waals surface area contributed by atoms with Crippen LogP contribution in [0, 0.1) is 0 Å². The maximum Gasteiger partial charge on any atom is 4.00 e. The van der Waals surface area contributed by atoms with Crippen molar-refractivity contribution in [3.63, 3.8) is 0 Å². The summed E-state index contributed by atoms with van der Waals surface area (Å²) in [4.78, 5) is 0. The van der Waals surface area contributed by atoms with Gasteiger partial charge >= 0.3 is 18.6 Å². The maximum absolute atomic E-state index is 2.44. The van der Waals surface area contributed by atoms with E-state index >= 15 is 0 Å². The first kappa shape index (κ1) is 26.7. The van der Waals surface area contributed by atoms with Crippen molar-refractivity contribution in [1.29, 1.82) is 0 Å². The minimum absolute atomic E-state index is 0. The van der Waals surface area contributed by atoms with E-state index in [4.69, 9.17) is 0 Å². The van der Waals surface area contributed by atoms with Crippen molar-refractivity contribution in [2.45, 2.75) is 39.3 Å². The van der Waals surface area contributed by atoms with Gasteiger partial charge in [0.25, 0.3) is 0 Å². The average Bonchev–Trinajstić information content (AvgIpc) is 2.27. The summed E-state index contributed by atoms with van der Waals surface area (Å²) in [5.41, 5.74) is 0. The Hall–Kier alpha value is 1.24. The van der Waals surface area contributed by atoms with Crippen LogP contribution in [0.15, 0.2) is 18.2 Å². The molecule has 0 aliphatic rings. The van der Waals surface area contributed by atoms with Crippen molar-refractivity contribution in [2.24, 2.45) is 0 Å². The van der Waals surface area contributed by atoms with Gasteiger partial charge in [-0.15, -0.1) is 0 Å². The Morgan fingerprint density at radius 3 is 1.53 bits per heavy atom. The van der Waals surface area contributed by atoms with Crippen LogP contribution >= 0.6 is 0 Å². The molecule has 6 heteroatoms. The molecule has 0 atom stereocenters. The van der Waals surface area contributed by atoms with Crippen LogP contribution in [0.1, 0.15) is 0 Å². The van der Waals surface area contributed by atoms with Gasteiger partial charge in [0.15, 0.2) is 0 Å². The van der Waals surface area contributed by atoms with Crippen LogP contribution in [0.4, 0.5) is 0 Å². The van der Waals surface area contributed by atoms with Crippen molar-refractivity contribution >= 4 is 26.5 Å². The van der Waals surface area contributed by atoms with Gasteiger partial charge in [0.1, 0.15) is 0 Å². The number of hydrogen-bond acceptors (Lipinski definition) is 0. The molecule has 1 aromatic rings. The fourth-order valence-corrected chi connectivity index (χ4v) is 6.95. The second kappa shape index (κ2) is 9.19. The van der Waals surface area contributed by atoms with E-state index in [1.54, 1.807) is 10.4 Å². The van der Waals surface area contributed by atoms with Gasteiger partial charge in [-0.05, 0) is 0 Å².